The van der Waals surface area contributed by atoms with Crippen molar-refractivity contribution in [2.24, 2.45) is 0 Å². The van der Waals surface area contributed by atoms with Crippen LogP contribution in [0.15, 0.2) is 84.9 Å². The maximum Gasteiger partial charge on any atom is 0.0716 e. The maximum atomic E-state index is 4.87. The SMILES string of the molecule is Cc1cccc(-c2cc(-c3ccccc3)c3ccccc3n2)c1. The van der Waals surface area contributed by atoms with Crippen LogP contribution in [-0.4, -0.2) is 4.98 Å². The fraction of sp³-hybridized carbons (Fsp3) is 0.0455. The molecule has 0 radical (unpaired) electrons. The molecule has 0 aliphatic heterocycles. The van der Waals surface area contributed by atoms with Gasteiger partial charge in [0, 0.05) is 10.9 Å². The van der Waals surface area contributed by atoms with Gasteiger partial charge in [0.25, 0.3) is 0 Å². The number of para-hydroxylation sites is 1. The summed E-state index contributed by atoms with van der Waals surface area (Å²) in [6.07, 6.45) is 0. The van der Waals surface area contributed by atoms with E-state index in [1.165, 1.54) is 22.1 Å². The first-order valence-corrected chi connectivity index (χ1v) is 7.83. The summed E-state index contributed by atoms with van der Waals surface area (Å²) in [6, 6.07) is 29.6. The third-order valence-corrected chi connectivity index (χ3v) is 4.11. The third-order valence-electron chi connectivity index (χ3n) is 4.11. The molecule has 0 atom stereocenters. The van der Waals surface area contributed by atoms with Gasteiger partial charge in [-0.15, -0.1) is 0 Å². The normalized spacial score (nSPS) is 10.8. The molecule has 0 spiro atoms. The van der Waals surface area contributed by atoms with Crippen LogP contribution in [0, 0.1) is 6.92 Å². The van der Waals surface area contributed by atoms with Gasteiger partial charge in [0.15, 0.2) is 0 Å². The highest BCUT2D eigenvalue weighted by Gasteiger charge is 2.09. The first-order chi connectivity index (χ1) is 11.3. The van der Waals surface area contributed by atoms with E-state index < -0.39 is 0 Å². The number of rotatable bonds is 2. The average molecular weight is 295 g/mol. The molecule has 0 bridgehead atoms. The maximum absolute atomic E-state index is 4.87. The summed E-state index contributed by atoms with van der Waals surface area (Å²) in [5.74, 6) is 0. The molecule has 1 nitrogen and oxygen atoms in total. The topological polar surface area (TPSA) is 12.9 Å². The first kappa shape index (κ1) is 13.7. The van der Waals surface area contributed by atoms with Crippen LogP contribution < -0.4 is 0 Å². The van der Waals surface area contributed by atoms with Gasteiger partial charge in [-0.2, -0.15) is 0 Å². The van der Waals surface area contributed by atoms with Crippen LogP contribution in [0.5, 0.6) is 0 Å². The van der Waals surface area contributed by atoms with E-state index in [0.717, 1.165) is 16.8 Å². The molecule has 0 saturated carbocycles. The minimum atomic E-state index is 1.02. The molecule has 4 aromatic rings. The Hall–Kier alpha value is -2.93. The van der Waals surface area contributed by atoms with Gasteiger partial charge in [-0.25, -0.2) is 4.98 Å². The van der Waals surface area contributed by atoms with Gasteiger partial charge in [-0.3, -0.25) is 0 Å². The van der Waals surface area contributed by atoms with E-state index in [1.807, 2.05) is 12.1 Å². The average Bonchev–Trinajstić information content (AvgIpc) is 2.61. The highest BCUT2D eigenvalue weighted by Crippen LogP contribution is 2.32. The molecule has 3 aromatic carbocycles. The summed E-state index contributed by atoms with van der Waals surface area (Å²) in [6.45, 7) is 2.11. The molecule has 0 fully saturated rings. The van der Waals surface area contributed by atoms with Crippen molar-refractivity contribution >= 4 is 10.9 Å². The molecular formula is C22H17N. The number of hydrogen-bond donors (Lipinski definition) is 0. The number of aryl methyl sites for hydroxylation is 1. The van der Waals surface area contributed by atoms with E-state index in [9.17, 15) is 0 Å². The fourth-order valence-electron chi connectivity index (χ4n) is 2.98. The molecule has 0 N–H and O–H groups in total. The molecule has 1 aromatic heterocycles. The predicted octanol–water partition coefficient (Wildman–Crippen LogP) is 5.88. The highest BCUT2D eigenvalue weighted by atomic mass is 14.7. The van der Waals surface area contributed by atoms with Crippen molar-refractivity contribution in [2.45, 2.75) is 6.92 Å². The largest absolute Gasteiger partial charge is 0.248 e. The van der Waals surface area contributed by atoms with Crippen LogP contribution in [-0.2, 0) is 0 Å². The van der Waals surface area contributed by atoms with Gasteiger partial charge in [-0.05, 0) is 36.2 Å². The van der Waals surface area contributed by atoms with Crippen molar-refractivity contribution in [1.29, 1.82) is 0 Å². The number of pyridine rings is 1. The summed E-state index contributed by atoms with van der Waals surface area (Å²) >= 11 is 0. The number of aromatic nitrogens is 1. The molecule has 0 aliphatic carbocycles. The lowest BCUT2D eigenvalue weighted by Gasteiger charge is -2.10. The molecule has 1 heteroatoms. The Morgan fingerprint density at radius 2 is 1.39 bits per heavy atom. The molecule has 110 valence electrons. The number of fused-ring (bicyclic) bond motifs is 1. The standard InChI is InChI=1S/C22H17N/c1-16-8-7-11-18(14-16)22-15-20(17-9-3-2-4-10-17)19-12-5-6-13-21(19)23-22/h2-15H,1H3. The van der Waals surface area contributed by atoms with Crippen molar-refractivity contribution in [2.75, 3.05) is 0 Å². The van der Waals surface area contributed by atoms with Crippen LogP contribution in [0.2, 0.25) is 0 Å². The predicted molar refractivity (Wildman–Crippen MR) is 97.4 cm³/mol. The Morgan fingerprint density at radius 1 is 0.652 bits per heavy atom. The quantitative estimate of drug-likeness (QED) is 0.450. The van der Waals surface area contributed by atoms with E-state index >= 15 is 0 Å². The van der Waals surface area contributed by atoms with Crippen molar-refractivity contribution < 1.29 is 0 Å². The van der Waals surface area contributed by atoms with Crippen molar-refractivity contribution in [3.63, 3.8) is 0 Å². The first-order valence-electron chi connectivity index (χ1n) is 7.83. The molecule has 23 heavy (non-hydrogen) atoms. The second-order valence-electron chi connectivity index (χ2n) is 5.81. The third kappa shape index (κ3) is 2.62. The Kier molecular flexibility index (Phi) is 3.39. The smallest absolute Gasteiger partial charge is 0.0716 e. The molecule has 0 aliphatic rings. The van der Waals surface area contributed by atoms with E-state index in [2.05, 4.69) is 79.7 Å². The molecular weight excluding hydrogens is 278 g/mol. The van der Waals surface area contributed by atoms with Crippen LogP contribution in [0.3, 0.4) is 0 Å². The summed E-state index contributed by atoms with van der Waals surface area (Å²) in [5, 5.41) is 1.19. The molecule has 4 rings (SSSR count). The Morgan fingerprint density at radius 3 is 2.22 bits per heavy atom. The minimum Gasteiger partial charge on any atom is -0.248 e. The van der Waals surface area contributed by atoms with Gasteiger partial charge in [0.1, 0.15) is 0 Å². The van der Waals surface area contributed by atoms with E-state index in [4.69, 9.17) is 4.98 Å². The zero-order valence-corrected chi connectivity index (χ0v) is 13.0. The van der Waals surface area contributed by atoms with Crippen LogP contribution >= 0.6 is 0 Å². The number of nitrogens with zero attached hydrogens (tertiary/aromatic N) is 1. The second-order valence-corrected chi connectivity index (χ2v) is 5.81. The van der Waals surface area contributed by atoms with Gasteiger partial charge >= 0.3 is 0 Å². The second kappa shape index (κ2) is 5.69. The van der Waals surface area contributed by atoms with Crippen molar-refractivity contribution in [1.82, 2.24) is 4.98 Å². The number of hydrogen-bond acceptors (Lipinski definition) is 1. The summed E-state index contributed by atoms with van der Waals surface area (Å²) in [4.78, 5) is 4.87. The summed E-state index contributed by atoms with van der Waals surface area (Å²) < 4.78 is 0. The van der Waals surface area contributed by atoms with Crippen molar-refractivity contribution in [3.8, 4) is 22.4 Å². The zero-order valence-electron chi connectivity index (χ0n) is 13.0. The molecule has 0 unspecified atom stereocenters. The Bertz CT molecular complexity index is 971. The van der Waals surface area contributed by atoms with Gasteiger partial charge < -0.3 is 0 Å². The van der Waals surface area contributed by atoms with Crippen molar-refractivity contribution in [3.05, 3.63) is 90.5 Å². The molecule has 0 amide bonds. The van der Waals surface area contributed by atoms with Gasteiger partial charge in [-0.1, -0.05) is 72.3 Å². The Balaban J connectivity index is 2.01. The molecule has 0 saturated heterocycles. The van der Waals surface area contributed by atoms with Crippen LogP contribution in [0.4, 0.5) is 0 Å². The van der Waals surface area contributed by atoms with E-state index in [-0.39, 0.29) is 0 Å². The van der Waals surface area contributed by atoms with Gasteiger partial charge in [0.05, 0.1) is 11.2 Å². The summed E-state index contributed by atoms with van der Waals surface area (Å²) in [7, 11) is 0. The zero-order chi connectivity index (χ0) is 15.6. The summed E-state index contributed by atoms with van der Waals surface area (Å²) in [5.41, 5.74) is 6.91. The van der Waals surface area contributed by atoms with E-state index in [0.29, 0.717) is 0 Å². The lowest BCUT2D eigenvalue weighted by Crippen LogP contribution is -1.90. The fourth-order valence-corrected chi connectivity index (χ4v) is 2.98. The minimum absolute atomic E-state index is 1.02. The Labute approximate surface area is 136 Å². The number of benzene rings is 3. The monoisotopic (exact) mass is 295 g/mol. The van der Waals surface area contributed by atoms with Crippen LogP contribution in [0.25, 0.3) is 33.3 Å². The lowest BCUT2D eigenvalue weighted by molar-refractivity contribution is 1.38. The highest BCUT2D eigenvalue weighted by molar-refractivity contribution is 5.96. The lowest BCUT2D eigenvalue weighted by atomic mass is 9.98. The van der Waals surface area contributed by atoms with Gasteiger partial charge in [0.2, 0.25) is 0 Å². The molecule has 1 heterocycles. The van der Waals surface area contributed by atoms with Crippen LogP contribution in [0.1, 0.15) is 5.56 Å². The van der Waals surface area contributed by atoms with E-state index in [1.54, 1.807) is 0 Å².